The first-order valence-corrected chi connectivity index (χ1v) is 9.34. The van der Waals surface area contributed by atoms with Crippen LogP contribution in [0.1, 0.15) is 52.8 Å². The second-order valence-corrected chi connectivity index (χ2v) is 6.78. The molecule has 164 valence electrons. The molecule has 1 heterocycles. The fourth-order valence-electron chi connectivity index (χ4n) is 3.36. The van der Waals surface area contributed by atoms with Crippen molar-refractivity contribution in [1.29, 1.82) is 0 Å². The molecule has 0 unspecified atom stereocenters. The Hall–Kier alpha value is -4.93. The van der Waals surface area contributed by atoms with Crippen LogP contribution in [0.25, 0.3) is 0 Å². The van der Waals surface area contributed by atoms with Crippen molar-refractivity contribution in [1.82, 2.24) is 5.32 Å². The van der Waals surface area contributed by atoms with Crippen molar-refractivity contribution in [2.75, 3.05) is 6.61 Å². The number of nitro benzene ring substituents is 1. The lowest BCUT2D eigenvalue weighted by Crippen LogP contribution is -2.34. The first-order chi connectivity index (χ1) is 15.8. The minimum absolute atomic E-state index is 0.0283. The second-order valence-electron chi connectivity index (χ2n) is 6.78. The van der Waals surface area contributed by atoms with E-state index >= 15 is 0 Å². The molecule has 0 saturated heterocycles. The molecular weight excluding hydrogens is 436 g/mol. The van der Waals surface area contributed by atoms with Gasteiger partial charge in [0.2, 0.25) is 5.78 Å². The Balaban J connectivity index is 1.60. The lowest BCUT2D eigenvalue weighted by Gasteiger charge is -2.18. The van der Waals surface area contributed by atoms with E-state index in [0.717, 1.165) is 12.1 Å². The van der Waals surface area contributed by atoms with Gasteiger partial charge in [-0.2, -0.15) is 0 Å². The third-order valence-electron chi connectivity index (χ3n) is 4.80. The number of amides is 2. The summed E-state index contributed by atoms with van der Waals surface area (Å²) in [6.07, 6.45) is 1.22. The molecule has 0 aliphatic heterocycles. The zero-order valence-electron chi connectivity index (χ0n) is 16.5. The van der Waals surface area contributed by atoms with E-state index in [2.05, 4.69) is 0 Å². The molecule has 11 heteroatoms. The van der Waals surface area contributed by atoms with E-state index in [0.29, 0.717) is 0 Å². The van der Waals surface area contributed by atoms with Crippen LogP contribution in [-0.2, 0) is 9.53 Å². The van der Waals surface area contributed by atoms with Gasteiger partial charge in [0.1, 0.15) is 11.1 Å². The molecule has 1 N–H and O–H groups in total. The van der Waals surface area contributed by atoms with Gasteiger partial charge in [0, 0.05) is 16.7 Å². The number of carbonyl (C=O) groups is 5. The summed E-state index contributed by atoms with van der Waals surface area (Å²) < 4.78 is 9.61. The zero-order chi connectivity index (χ0) is 23.7. The Labute approximate surface area is 184 Å². The number of ether oxygens (including phenoxy) is 1. The summed E-state index contributed by atoms with van der Waals surface area (Å²) >= 11 is 0. The number of esters is 1. The van der Waals surface area contributed by atoms with Gasteiger partial charge >= 0.3 is 5.97 Å². The molecule has 0 spiro atoms. The number of nitrogens with one attached hydrogen (secondary N) is 1. The van der Waals surface area contributed by atoms with Gasteiger partial charge in [-0.15, -0.1) is 0 Å². The van der Waals surface area contributed by atoms with Crippen LogP contribution in [-0.4, -0.2) is 40.9 Å². The van der Waals surface area contributed by atoms with E-state index < -0.39 is 57.7 Å². The topological polar surface area (TPSA) is 163 Å². The van der Waals surface area contributed by atoms with E-state index in [-0.39, 0.29) is 22.5 Å². The van der Waals surface area contributed by atoms with Crippen LogP contribution >= 0.6 is 0 Å². The van der Waals surface area contributed by atoms with Crippen LogP contribution in [0.2, 0.25) is 0 Å². The number of nitrogens with zero attached hydrogens (tertiary/aromatic N) is 1. The molecule has 1 aliphatic rings. The summed E-state index contributed by atoms with van der Waals surface area (Å²) in [6, 6.07) is 10.7. The number of hydrogen-bond donors (Lipinski definition) is 1. The summed E-state index contributed by atoms with van der Waals surface area (Å²) in [4.78, 5) is 72.7. The third kappa shape index (κ3) is 3.78. The lowest BCUT2D eigenvalue weighted by atomic mass is 9.82. The van der Waals surface area contributed by atoms with Crippen molar-refractivity contribution in [3.05, 3.63) is 98.5 Å². The summed E-state index contributed by atoms with van der Waals surface area (Å²) in [5.74, 6) is -4.70. The Morgan fingerprint density at radius 3 is 2.27 bits per heavy atom. The number of rotatable bonds is 5. The number of carbonyl (C=O) groups excluding carboxylic acids is 5. The summed E-state index contributed by atoms with van der Waals surface area (Å²) in [5, 5.41) is 13.7. The molecule has 11 nitrogen and oxygen atoms in total. The molecule has 0 fully saturated rings. The maximum Gasteiger partial charge on any atom is 0.345 e. The number of imide groups is 1. The van der Waals surface area contributed by atoms with E-state index in [4.69, 9.17) is 9.15 Å². The van der Waals surface area contributed by atoms with Crippen molar-refractivity contribution >= 4 is 35.0 Å². The first-order valence-electron chi connectivity index (χ1n) is 9.34. The SMILES string of the molecule is O=C(COC(=O)c1ccc2c(c1[N+](=O)[O-])C(=O)c1ccccc1C2=O)NC(=O)c1ccco1. The highest BCUT2D eigenvalue weighted by Crippen LogP contribution is 2.35. The summed E-state index contributed by atoms with van der Waals surface area (Å²) in [7, 11) is 0. The molecule has 4 rings (SSSR count). The van der Waals surface area contributed by atoms with Crippen molar-refractivity contribution in [3.8, 4) is 0 Å². The fraction of sp³-hybridized carbons (Fsp3) is 0.0455. The van der Waals surface area contributed by atoms with Crippen molar-refractivity contribution in [3.63, 3.8) is 0 Å². The highest BCUT2D eigenvalue weighted by atomic mass is 16.6. The number of furan rings is 1. The largest absolute Gasteiger partial charge is 0.459 e. The quantitative estimate of drug-likeness (QED) is 0.273. The molecule has 2 aromatic carbocycles. The smallest absolute Gasteiger partial charge is 0.345 e. The van der Waals surface area contributed by atoms with Gasteiger partial charge in [0.25, 0.3) is 17.5 Å². The van der Waals surface area contributed by atoms with Crippen LogP contribution in [0, 0.1) is 10.1 Å². The van der Waals surface area contributed by atoms with Gasteiger partial charge in [0.15, 0.2) is 18.2 Å². The molecule has 33 heavy (non-hydrogen) atoms. The minimum Gasteiger partial charge on any atom is -0.459 e. The van der Waals surface area contributed by atoms with Crippen LogP contribution in [0.4, 0.5) is 5.69 Å². The van der Waals surface area contributed by atoms with Crippen molar-refractivity contribution in [2.45, 2.75) is 0 Å². The molecular formula is C22H12N2O9. The Kier molecular flexibility index (Phi) is 5.36. The van der Waals surface area contributed by atoms with Gasteiger partial charge in [-0.3, -0.25) is 34.6 Å². The molecule has 1 aromatic heterocycles. The highest BCUT2D eigenvalue weighted by Gasteiger charge is 2.39. The third-order valence-corrected chi connectivity index (χ3v) is 4.80. The maximum absolute atomic E-state index is 12.9. The van der Waals surface area contributed by atoms with Crippen LogP contribution in [0.5, 0.6) is 0 Å². The van der Waals surface area contributed by atoms with Gasteiger partial charge < -0.3 is 9.15 Å². The average molecular weight is 448 g/mol. The summed E-state index contributed by atoms with van der Waals surface area (Å²) in [5.41, 5.74) is -2.21. The van der Waals surface area contributed by atoms with Crippen molar-refractivity contribution in [2.24, 2.45) is 0 Å². The Bertz CT molecular complexity index is 1360. The maximum atomic E-state index is 12.9. The molecule has 2 amide bonds. The van der Waals surface area contributed by atoms with Crippen molar-refractivity contribution < 1.29 is 38.1 Å². The Morgan fingerprint density at radius 1 is 0.939 bits per heavy atom. The molecule has 0 saturated carbocycles. The van der Waals surface area contributed by atoms with Gasteiger partial charge in [-0.1, -0.05) is 24.3 Å². The molecule has 0 radical (unpaired) electrons. The zero-order valence-corrected chi connectivity index (χ0v) is 16.5. The predicted molar refractivity (Wildman–Crippen MR) is 108 cm³/mol. The van der Waals surface area contributed by atoms with Crippen LogP contribution < -0.4 is 5.32 Å². The Morgan fingerprint density at radius 2 is 1.64 bits per heavy atom. The van der Waals surface area contributed by atoms with E-state index in [1.807, 2.05) is 5.32 Å². The number of nitro groups is 1. The summed E-state index contributed by atoms with van der Waals surface area (Å²) in [6.45, 7) is -0.935. The van der Waals surface area contributed by atoms with E-state index in [9.17, 15) is 34.1 Å². The van der Waals surface area contributed by atoms with E-state index in [1.165, 1.54) is 36.6 Å². The minimum atomic E-state index is -1.29. The van der Waals surface area contributed by atoms with Gasteiger partial charge in [-0.25, -0.2) is 4.79 Å². The van der Waals surface area contributed by atoms with Gasteiger partial charge in [0.05, 0.1) is 11.2 Å². The molecule has 0 atom stereocenters. The number of benzene rings is 2. The normalized spacial score (nSPS) is 11.9. The fourth-order valence-corrected chi connectivity index (χ4v) is 3.36. The molecule has 1 aliphatic carbocycles. The van der Waals surface area contributed by atoms with Crippen LogP contribution in [0.15, 0.2) is 59.2 Å². The molecule has 0 bridgehead atoms. The van der Waals surface area contributed by atoms with Crippen LogP contribution in [0.3, 0.4) is 0 Å². The number of ketones is 2. The molecule has 3 aromatic rings. The predicted octanol–water partition coefficient (Wildman–Crippen LogP) is 2.08. The standard InChI is InChI=1S/C22H12N2O9/c25-16(23-21(28)15-6-3-9-32-15)10-33-22(29)14-8-7-13-17(18(14)24(30)31)20(27)12-5-2-1-4-11(12)19(13)26/h1-9H,10H2,(H,23,25,28). The first kappa shape index (κ1) is 21.3. The highest BCUT2D eigenvalue weighted by molar-refractivity contribution is 6.30. The second kappa shape index (κ2) is 8.30. The lowest BCUT2D eigenvalue weighted by molar-refractivity contribution is -0.385. The number of fused-ring (bicyclic) bond motifs is 2. The monoisotopic (exact) mass is 448 g/mol. The van der Waals surface area contributed by atoms with E-state index in [1.54, 1.807) is 6.07 Å². The van der Waals surface area contributed by atoms with Gasteiger partial charge in [-0.05, 0) is 24.3 Å². The average Bonchev–Trinajstić information content (AvgIpc) is 3.35. The number of hydrogen-bond acceptors (Lipinski definition) is 9.